The topological polar surface area (TPSA) is 92.3 Å². The van der Waals surface area contributed by atoms with Crippen LogP contribution in [0.25, 0.3) is 0 Å². The summed E-state index contributed by atoms with van der Waals surface area (Å²) in [6.07, 6.45) is 0. The van der Waals surface area contributed by atoms with E-state index in [0.717, 1.165) is 10.1 Å². The predicted molar refractivity (Wildman–Crippen MR) is 122 cm³/mol. The smallest absolute Gasteiger partial charge is 0.264 e. The number of thioether (sulfide) groups is 1. The molecule has 0 saturated carbocycles. The van der Waals surface area contributed by atoms with Crippen molar-refractivity contribution in [2.45, 2.75) is 30.0 Å². The second kappa shape index (κ2) is 9.59. The monoisotopic (exact) mass is 462 g/mol. The molecular weight excluding hydrogens is 440 g/mol. The summed E-state index contributed by atoms with van der Waals surface area (Å²) in [5.41, 5.74) is 1.38. The predicted octanol–water partition coefficient (Wildman–Crippen LogP) is 4.43. The van der Waals surface area contributed by atoms with Crippen molar-refractivity contribution in [3.63, 3.8) is 0 Å². The number of nitrogens with zero attached hydrogens (tertiary/aromatic N) is 3. The van der Waals surface area contributed by atoms with Crippen LogP contribution < -0.4 is 9.62 Å². The molecule has 3 rings (SSSR count). The molecule has 0 aliphatic carbocycles. The van der Waals surface area contributed by atoms with Crippen LogP contribution in [0.3, 0.4) is 0 Å². The van der Waals surface area contributed by atoms with E-state index >= 15 is 0 Å². The number of aromatic nitrogens is 2. The summed E-state index contributed by atoms with van der Waals surface area (Å²) < 4.78 is 28.8. The van der Waals surface area contributed by atoms with Crippen LogP contribution >= 0.6 is 23.1 Å². The molecule has 0 aliphatic heterocycles. The highest BCUT2D eigenvalue weighted by molar-refractivity contribution is 8.01. The van der Waals surface area contributed by atoms with E-state index in [1.807, 2.05) is 13.0 Å². The standard InChI is InChI=1S/C20H22N4O3S3/c1-4-24(16-9-7-6-8-10-16)30(26,27)17-13-15(12-11-14(17)3)18(25)21-19-22-23-20(29-19)28-5-2/h6-13H,4-5H2,1-3H3,(H,21,22,25). The molecule has 1 aromatic heterocycles. The minimum atomic E-state index is -3.84. The zero-order valence-electron chi connectivity index (χ0n) is 16.8. The van der Waals surface area contributed by atoms with Crippen molar-refractivity contribution in [1.29, 1.82) is 0 Å². The number of anilines is 2. The third-order valence-electron chi connectivity index (χ3n) is 4.24. The average Bonchev–Trinajstić information content (AvgIpc) is 3.16. The molecule has 0 radical (unpaired) electrons. The van der Waals surface area contributed by atoms with E-state index in [4.69, 9.17) is 0 Å². The van der Waals surface area contributed by atoms with Crippen LogP contribution in [-0.4, -0.2) is 36.8 Å². The molecule has 3 aromatic rings. The quantitative estimate of drug-likeness (QED) is 0.393. The first-order valence-corrected chi connectivity index (χ1v) is 12.6. The zero-order valence-corrected chi connectivity index (χ0v) is 19.3. The van der Waals surface area contributed by atoms with Gasteiger partial charge in [-0.2, -0.15) is 0 Å². The first-order valence-electron chi connectivity index (χ1n) is 9.33. The Bertz CT molecular complexity index is 1130. The summed E-state index contributed by atoms with van der Waals surface area (Å²) in [5, 5.41) is 11.0. The zero-order chi connectivity index (χ0) is 21.7. The van der Waals surface area contributed by atoms with Gasteiger partial charge in [-0.25, -0.2) is 8.42 Å². The van der Waals surface area contributed by atoms with Gasteiger partial charge in [-0.3, -0.25) is 14.4 Å². The molecule has 0 saturated heterocycles. The maximum Gasteiger partial charge on any atom is 0.264 e. The number of benzene rings is 2. The highest BCUT2D eigenvalue weighted by atomic mass is 32.2. The molecule has 10 heteroatoms. The SMILES string of the molecule is CCSc1nnc(NC(=O)c2ccc(C)c(S(=O)(=O)N(CC)c3ccccc3)c2)s1. The van der Waals surface area contributed by atoms with Crippen molar-refractivity contribution in [2.24, 2.45) is 0 Å². The number of carbonyl (C=O) groups excluding carboxylic acids is 1. The highest BCUT2D eigenvalue weighted by Crippen LogP contribution is 2.28. The Morgan fingerprint density at radius 1 is 1.13 bits per heavy atom. The molecule has 30 heavy (non-hydrogen) atoms. The lowest BCUT2D eigenvalue weighted by Gasteiger charge is -2.24. The van der Waals surface area contributed by atoms with Gasteiger partial charge in [-0.15, -0.1) is 10.2 Å². The van der Waals surface area contributed by atoms with Crippen molar-refractivity contribution in [1.82, 2.24) is 10.2 Å². The van der Waals surface area contributed by atoms with E-state index in [2.05, 4.69) is 15.5 Å². The van der Waals surface area contributed by atoms with Crippen LogP contribution in [-0.2, 0) is 10.0 Å². The van der Waals surface area contributed by atoms with Gasteiger partial charge >= 0.3 is 0 Å². The van der Waals surface area contributed by atoms with E-state index in [9.17, 15) is 13.2 Å². The molecule has 158 valence electrons. The van der Waals surface area contributed by atoms with Gasteiger partial charge in [0.1, 0.15) is 0 Å². The summed E-state index contributed by atoms with van der Waals surface area (Å²) in [6.45, 7) is 5.77. The van der Waals surface area contributed by atoms with Crippen molar-refractivity contribution >= 4 is 49.8 Å². The van der Waals surface area contributed by atoms with Gasteiger partial charge in [0, 0.05) is 12.1 Å². The van der Waals surface area contributed by atoms with Crippen molar-refractivity contribution in [3.05, 3.63) is 59.7 Å². The van der Waals surface area contributed by atoms with Crippen LogP contribution in [0.5, 0.6) is 0 Å². The Hall–Kier alpha value is -2.43. The lowest BCUT2D eigenvalue weighted by molar-refractivity contribution is 0.102. The number of nitrogens with one attached hydrogen (secondary N) is 1. The highest BCUT2D eigenvalue weighted by Gasteiger charge is 2.26. The minimum absolute atomic E-state index is 0.0975. The van der Waals surface area contributed by atoms with Gasteiger partial charge in [-0.05, 0) is 49.4 Å². The van der Waals surface area contributed by atoms with Crippen molar-refractivity contribution < 1.29 is 13.2 Å². The van der Waals surface area contributed by atoms with Crippen LogP contribution in [0.1, 0.15) is 29.8 Å². The van der Waals surface area contributed by atoms with Crippen LogP contribution in [0.15, 0.2) is 57.8 Å². The van der Waals surface area contributed by atoms with E-state index in [-0.39, 0.29) is 17.0 Å². The Labute approximate surface area is 184 Å². The molecule has 1 heterocycles. The minimum Gasteiger partial charge on any atom is -0.296 e. The van der Waals surface area contributed by atoms with E-state index in [1.54, 1.807) is 50.2 Å². The first-order chi connectivity index (χ1) is 14.4. The third-order valence-corrected chi connectivity index (χ3v) is 8.14. The normalized spacial score (nSPS) is 11.3. The summed E-state index contributed by atoms with van der Waals surface area (Å²) in [7, 11) is -3.84. The van der Waals surface area contributed by atoms with Crippen molar-refractivity contribution in [3.8, 4) is 0 Å². The number of aryl methyl sites for hydroxylation is 1. The number of rotatable bonds is 8. The van der Waals surface area contributed by atoms with Gasteiger partial charge in [0.15, 0.2) is 4.34 Å². The number of sulfonamides is 1. The Morgan fingerprint density at radius 2 is 1.87 bits per heavy atom. The van der Waals surface area contributed by atoms with Crippen LogP contribution in [0.4, 0.5) is 10.8 Å². The number of para-hydroxylation sites is 1. The summed E-state index contributed by atoms with van der Waals surface area (Å²) in [5.74, 6) is 0.426. The van der Waals surface area contributed by atoms with E-state index in [1.165, 1.54) is 33.5 Å². The molecule has 0 fully saturated rings. The van der Waals surface area contributed by atoms with Crippen LogP contribution in [0.2, 0.25) is 0 Å². The van der Waals surface area contributed by atoms with Gasteiger partial charge in [0.25, 0.3) is 15.9 Å². The number of hydrogen-bond acceptors (Lipinski definition) is 7. The molecule has 0 aliphatic rings. The fraction of sp³-hybridized carbons (Fsp3) is 0.250. The van der Waals surface area contributed by atoms with Gasteiger partial charge < -0.3 is 0 Å². The fourth-order valence-electron chi connectivity index (χ4n) is 2.83. The average molecular weight is 463 g/mol. The maximum absolute atomic E-state index is 13.4. The lowest BCUT2D eigenvalue weighted by Crippen LogP contribution is -2.31. The molecule has 0 atom stereocenters. The van der Waals surface area contributed by atoms with E-state index < -0.39 is 15.9 Å². The molecular formula is C20H22N4O3S3. The number of amides is 1. The molecule has 2 aromatic carbocycles. The van der Waals surface area contributed by atoms with Gasteiger partial charge in [-0.1, -0.05) is 54.3 Å². The molecule has 7 nitrogen and oxygen atoms in total. The molecule has 0 unspecified atom stereocenters. The Kier molecular flexibility index (Phi) is 7.11. The maximum atomic E-state index is 13.4. The van der Waals surface area contributed by atoms with Gasteiger partial charge in [0.2, 0.25) is 5.13 Å². The van der Waals surface area contributed by atoms with Crippen LogP contribution in [0, 0.1) is 6.92 Å². The Morgan fingerprint density at radius 3 is 2.53 bits per heavy atom. The second-order valence-electron chi connectivity index (χ2n) is 6.25. The summed E-state index contributed by atoms with van der Waals surface area (Å²) in [4.78, 5) is 12.8. The Balaban J connectivity index is 1.91. The summed E-state index contributed by atoms with van der Waals surface area (Å²) >= 11 is 2.82. The molecule has 0 spiro atoms. The van der Waals surface area contributed by atoms with Gasteiger partial charge in [0.05, 0.1) is 10.6 Å². The largest absolute Gasteiger partial charge is 0.296 e. The lowest BCUT2D eigenvalue weighted by atomic mass is 10.1. The number of hydrogen-bond donors (Lipinski definition) is 1. The second-order valence-corrected chi connectivity index (χ2v) is 10.6. The number of carbonyl (C=O) groups is 1. The third kappa shape index (κ3) is 4.82. The van der Waals surface area contributed by atoms with Crippen molar-refractivity contribution in [2.75, 3.05) is 21.9 Å². The van der Waals surface area contributed by atoms with E-state index in [0.29, 0.717) is 16.4 Å². The molecule has 0 bridgehead atoms. The summed E-state index contributed by atoms with van der Waals surface area (Å²) in [6, 6.07) is 13.5. The molecule has 1 amide bonds. The fourth-order valence-corrected chi connectivity index (χ4v) is 6.21. The first kappa shape index (κ1) is 22.3. The molecule has 1 N–H and O–H groups in total.